The average molecular weight is 302 g/mol. The van der Waals surface area contributed by atoms with Gasteiger partial charge in [0, 0.05) is 17.1 Å². The fourth-order valence-corrected chi connectivity index (χ4v) is 2.65. The van der Waals surface area contributed by atoms with Crippen LogP contribution in [0.25, 0.3) is 10.8 Å². The normalized spacial score (nSPS) is 10.7. The summed E-state index contributed by atoms with van der Waals surface area (Å²) in [6.45, 7) is 2.02. The largest absolute Gasteiger partial charge is 0.462 e. The van der Waals surface area contributed by atoms with Crippen molar-refractivity contribution >= 4 is 23.1 Å². The summed E-state index contributed by atoms with van der Waals surface area (Å²) in [6.07, 6.45) is 2.67. The summed E-state index contributed by atoms with van der Waals surface area (Å²) < 4.78 is 5.28. The van der Waals surface area contributed by atoms with Crippen molar-refractivity contribution in [3.63, 3.8) is 0 Å². The highest BCUT2D eigenvalue weighted by atomic mass is 32.1. The minimum absolute atomic E-state index is 0.138. The summed E-state index contributed by atoms with van der Waals surface area (Å²) in [5.41, 5.74) is 1.70. The maximum atomic E-state index is 12.0. The van der Waals surface area contributed by atoms with Crippen molar-refractivity contribution in [2.24, 2.45) is 0 Å². The van der Waals surface area contributed by atoms with E-state index in [1.54, 1.807) is 6.26 Å². The Morgan fingerprint density at radius 3 is 3.14 bits per heavy atom. The van der Waals surface area contributed by atoms with Crippen molar-refractivity contribution in [2.45, 2.75) is 19.8 Å². The molecule has 0 aliphatic rings. The van der Waals surface area contributed by atoms with E-state index in [9.17, 15) is 4.79 Å². The van der Waals surface area contributed by atoms with Crippen LogP contribution >= 0.6 is 11.3 Å². The lowest BCUT2D eigenvalue weighted by Gasteiger charge is -1.98. The standard InChI is InChI=1S/C14H14N4O2S/c1-2-9-6-12(18-17-9)16-13(19)7-10-8-21-14(15-10)11-4-3-5-20-11/h3-6,8H,2,7H2,1H3,(H2,16,17,18,19). The zero-order chi connectivity index (χ0) is 14.7. The van der Waals surface area contributed by atoms with Gasteiger partial charge in [0.05, 0.1) is 18.4 Å². The molecule has 2 N–H and O–H groups in total. The van der Waals surface area contributed by atoms with E-state index in [0.717, 1.165) is 22.8 Å². The number of carbonyl (C=O) groups excluding carboxylic acids is 1. The number of hydrogen-bond acceptors (Lipinski definition) is 5. The Hall–Kier alpha value is -2.41. The summed E-state index contributed by atoms with van der Waals surface area (Å²) in [4.78, 5) is 16.3. The van der Waals surface area contributed by atoms with Crippen molar-refractivity contribution in [3.05, 3.63) is 41.2 Å². The average Bonchev–Trinajstić information content (AvgIpc) is 3.19. The topological polar surface area (TPSA) is 83.8 Å². The first kappa shape index (κ1) is 13.6. The number of carbonyl (C=O) groups is 1. The van der Waals surface area contributed by atoms with E-state index in [-0.39, 0.29) is 12.3 Å². The number of amides is 1. The first-order valence-corrected chi connectivity index (χ1v) is 7.45. The van der Waals surface area contributed by atoms with Crippen molar-refractivity contribution in [1.29, 1.82) is 0 Å². The maximum Gasteiger partial charge on any atom is 0.231 e. The Balaban J connectivity index is 1.62. The molecule has 0 fully saturated rings. The molecule has 0 aliphatic heterocycles. The molecule has 0 saturated heterocycles. The fraction of sp³-hybridized carbons (Fsp3) is 0.214. The van der Waals surface area contributed by atoms with Gasteiger partial charge in [-0.1, -0.05) is 6.92 Å². The van der Waals surface area contributed by atoms with Gasteiger partial charge >= 0.3 is 0 Å². The first-order valence-electron chi connectivity index (χ1n) is 6.57. The molecule has 0 spiro atoms. The molecule has 3 aromatic heterocycles. The third kappa shape index (κ3) is 3.19. The summed E-state index contributed by atoms with van der Waals surface area (Å²) in [5, 5.41) is 12.3. The Morgan fingerprint density at radius 2 is 2.43 bits per heavy atom. The van der Waals surface area contributed by atoms with Crippen molar-refractivity contribution in [2.75, 3.05) is 5.32 Å². The van der Waals surface area contributed by atoms with Gasteiger partial charge in [-0.05, 0) is 18.6 Å². The van der Waals surface area contributed by atoms with Crippen LogP contribution < -0.4 is 5.32 Å². The van der Waals surface area contributed by atoms with Crippen molar-refractivity contribution in [3.8, 4) is 10.8 Å². The zero-order valence-electron chi connectivity index (χ0n) is 11.4. The smallest absolute Gasteiger partial charge is 0.231 e. The third-order valence-electron chi connectivity index (χ3n) is 2.90. The molecular weight excluding hydrogens is 288 g/mol. The lowest BCUT2D eigenvalue weighted by atomic mass is 10.3. The van der Waals surface area contributed by atoms with Crippen molar-refractivity contribution in [1.82, 2.24) is 15.2 Å². The van der Waals surface area contributed by atoms with E-state index in [4.69, 9.17) is 4.42 Å². The van der Waals surface area contributed by atoms with Gasteiger partial charge < -0.3 is 9.73 Å². The minimum Gasteiger partial charge on any atom is -0.462 e. The van der Waals surface area contributed by atoms with Crippen LogP contribution in [0.3, 0.4) is 0 Å². The number of furan rings is 1. The highest BCUT2D eigenvalue weighted by Crippen LogP contribution is 2.24. The number of H-pyrrole nitrogens is 1. The fourth-order valence-electron chi connectivity index (χ4n) is 1.86. The molecule has 7 heteroatoms. The zero-order valence-corrected chi connectivity index (χ0v) is 12.2. The van der Waals surface area contributed by atoms with E-state index in [1.807, 2.05) is 30.5 Å². The second-order valence-corrected chi connectivity index (χ2v) is 5.34. The predicted octanol–water partition coefficient (Wildman–Crippen LogP) is 2.87. The molecule has 3 heterocycles. The molecule has 0 aliphatic carbocycles. The van der Waals surface area contributed by atoms with Crippen LogP contribution in [-0.2, 0) is 17.6 Å². The van der Waals surface area contributed by atoms with Gasteiger partial charge in [-0.3, -0.25) is 9.89 Å². The second kappa shape index (κ2) is 5.92. The van der Waals surface area contributed by atoms with Crippen LogP contribution in [0.2, 0.25) is 0 Å². The van der Waals surface area contributed by atoms with E-state index in [1.165, 1.54) is 11.3 Å². The van der Waals surface area contributed by atoms with Crippen LogP contribution in [0.4, 0.5) is 5.82 Å². The lowest BCUT2D eigenvalue weighted by Crippen LogP contribution is -2.14. The molecule has 6 nitrogen and oxygen atoms in total. The molecule has 0 unspecified atom stereocenters. The third-order valence-corrected chi connectivity index (χ3v) is 3.81. The molecule has 108 valence electrons. The van der Waals surface area contributed by atoms with E-state index in [2.05, 4.69) is 20.5 Å². The SMILES string of the molecule is CCc1cc(NC(=O)Cc2csc(-c3ccco3)n2)n[nH]1. The number of aromatic amines is 1. The number of aryl methyl sites for hydroxylation is 1. The number of nitrogens with zero attached hydrogens (tertiary/aromatic N) is 2. The van der Waals surface area contributed by atoms with Crippen LogP contribution in [0.15, 0.2) is 34.3 Å². The quantitative estimate of drug-likeness (QED) is 0.759. The number of thiazole rings is 1. The first-order chi connectivity index (χ1) is 10.2. The molecule has 0 aromatic carbocycles. The monoisotopic (exact) mass is 302 g/mol. The van der Waals surface area contributed by atoms with Gasteiger partial charge in [-0.25, -0.2) is 4.98 Å². The number of nitrogens with one attached hydrogen (secondary N) is 2. The van der Waals surface area contributed by atoms with E-state index in [0.29, 0.717) is 11.6 Å². The van der Waals surface area contributed by atoms with Gasteiger partial charge in [0.15, 0.2) is 16.6 Å². The maximum absolute atomic E-state index is 12.0. The summed E-state index contributed by atoms with van der Waals surface area (Å²) in [5.74, 6) is 1.12. The molecule has 0 saturated carbocycles. The highest BCUT2D eigenvalue weighted by Gasteiger charge is 2.11. The molecule has 3 rings (SSSR count). The molecule has 21 heavy (non-hydrogen) atoms. The Bertz CT molecular complexity index is 730. The van der Waals surface area contributed by atoms with Crippen LogP contribution in [0.1, 0.15) is 18.3 Å². The molecule has 0 radical (unpaired) electrons. The summed E-state index contributed by atoms with van der Waals surface area (Å²) in [6, 6.07) is 5.48. The van der Waals surface area contributed by atoms with Gasteiger partial charge in [-0.2, -0.15) is 5.10 Å². The van der Waals surface area contributed by atoms with Crippen LogP contribution in [-0.4, -0.2) is 21.1 Å². The van der Waals surface area contributed by atoms with E-state index >= 15 is 0 Å². The lowest BCUT2D eigenvalue weighted by molar-refractivity contribution is -0.115. The minimum atomic E-state index is -0.138. The number of hydrogen-bond donors (Lipinski definition) is 2. The van der Waals surface area contributed by atoms with Crippen LogP contribution in [0.5, 0.6) is 0 Å². The molecule has 1 amide bonds. The predicted molar refractivity (Wildman–Crippen MR) is 80.1 cm³/mol. The number of rotatable bonds is 5. The van der Waals surface area contributed by atoms with E-state index < -0.39 is 0 Å². The van der Waals surface area contributed by atoms with Crippen molar-refractivity contribution < 1.29 is 9.21 Å². The van der Waals surface area contributed by atoms with Gasteiger partial charge in [-0.15, -0.1) is 11.3 Å². The molecule has 0 bridgehead atoms. The number of aromatic nitrogens is 3. The molecule has 0 atom stereocenters. The van der Waals surface area contributed by atoms with Gasteiger partial charge in [0.2, 0.25) is 5.91 Å². The van der Waals surface area contributed by atoms with Gasteiger partial charge in [0.25, 0.3) is 0 Å². The summed E-state index contributed by atoms with van der Waals surface area (Å²) >= 11 is 1.46. The summed E-state index contributed by atoms with van der Waals surface area (Å²) in [7, 11) is 0. The van der Waals surface area contributed by atoms with Gasteiger partial charge in [0.1, 0.15) is 0 Å². The second-order valence-electron chi connectivity index (χ2n) is 4.48. The highest BCUT2D eigenvalue weighted by molar-refractivity contribution is 7.13. The Morgan fingerprint density at radius 1 is 1.52 bits per heavy atom. The molecular formula is C14H14N4O2S. The molecule has 3 aromatic rings. The van der Waals surface area contributed by atoms with Crippen LogP contribution in [0, 0.1) is 0 Å². The Kier molecular flexibility index (Phi) is 3.83. The number of anilines is 1. The Labute approximate surface area is 125 Å².